The van der Waals surface area contributed by atoms with Crippen LogP contribution >= 0.6 is 0 Å². The van der Waals surface area contributed by atoms with E-state index in [1.165, 1.54) is 64.2 Å². The van der Waals surface area contributed by atoms with Crippen molar-refractivity contribution in [2.24, 2.45) is 11.8 Å². The highest BCUT2D eigenvalue weighted by molar-refractivity contribution is 6.00. The Bertz CT molecular complexity index is 1600. The molecule has 0 radical (unpaired) electrons. The van der Waals surface area contributed by atoms with Gasteiger partial charge in [0, 0.05) is 46.1 Å². The molecule has 2 saturated carbocycles. The van der Waals surface area contributed by atoms with E-state index in [4.69, 9.17) is 14.2 Å². The van der Waals surface area contributed by atoms with Gasteiger partial charge in [0.1, 0.15) is 11.4 Å². The van der Waals surface area contributed by atoms with Gasteiger partial charge in [0.2, 0.25) is 5.88 Å². The monoisotopic (exact) mass is 584 g/mol. The van der Waals surface area contributed by atoms with Crippen LogP contribution in [0.2, 0.25) is 0 Å². The molecule has 2 aliphatic carbocycles. The van der Waals surface area contributed by atoms with Crippen molar-refractivity contribution in [1.29, 1.82) is 0 Å². The molecular weight excluding hydrogens is 540 g/mol. The summed E-state index contributed by atoms with van der Waals surface area (Å²) in [5.74, 6) is 1.30. The first-order chi connectivity index (χ1) is 20.8. The lowest BCUT2D eigenvalue weighted by molar-refractivity contribution is 0.0688. The normalized spacial score (nSPS) is 16.8. The third-order valence-electron chi connectivity index (χ3n) is 10.1. The van der Waals surface area contributed by atoms with Gasteiger partial charge in [-0.15, -0.1) is 0 Å². The van der Waals surface area contributed by atoms with E-state index in [1.807, 2.05) is 40.8 Å². The van der Waals surface area contributed by atoms with Crippen molar-refractivity contribution in [2.45, 2.75) is 105 Å². The van der Waals surface area contributed by atoms with E-state index in [-0.39, 0.29) is 5.69 Å². The van der Waals surface area contributed by atoms with Gasteiger partial charge in [0.15, 0.2) is 5.69 Å². The number of hydrogen-bond donors (Lipinski definition) is 1. The fourth-order valence-electron chi connectivity index (χ4n) is 7.91. The number of ether oxygens (including phenoxy) is 1. The third kappa shape index (κ3) is 5.34. The summed E-state index contributed by atoms with van der Waals surface area (Å²) in [5, 5.41) is 15.2. The molecule has 8 heteroatoms. The molecule has 0 spiro atoms. The average Bonchev–Trinajstić information content (AvgIpc) is 3.54. The zero-order valence-corrected chi connectivity index (χ0v) is 26.2. The molecule has 6 rings (SSSR count). The molecule has 0 unspecified atom stereocenters. The molecule has 8 nitrogen and oxygen atoms in total. The van der Waals surface area contributed by atoms with E-state index in [1.54, 1.807) is 0 Å². The van der Waals surface area contributed by atoms with Gasteiger partial charge < -0.3 is 18.9 Å². The van der Waals surface area contributed by atoms with Gasteiger partial charge in [0.25, 0.3) is 0 Å². The number of pyridine rings is 2. The fourth-order valence-corrected chi connectivity index (χ4v) is 7.91. The number of aryl methyl sites for hydroxylation is 2. The van der Waals surface area contributed by atoms with Crippen molar-refractivity contribution in [3.63, 3.8) is 0 Å². The molecule has 2 fully saturated rings. The lowest BCUT2D eigenvalue weighted by atomic mass is 9.73. The Morgan fingerprint density at radius 3 is 2.21 bits per heavy atom. The van der Waals surface area contributed by atoms with E-state index < -0.39 is 5.97 Å². The minimum Gasteiger partial charge on any atom is -0.477 e. The van der Waals surface area contributed by atoms with Crippen LogP contribution in [0.25, 0.3) is 33.3 Å². The molecule has 0 aromatic carbocycles. The third-order valence-corrected chi connectivity index (χ3v) is 10.1. The van der Waals surface area contributed by atoms with Crippen molar-refractivity contribution in [2.75, 3.05) is 6.61 Å². The first-order valence-corrected chi connectivity index (χ1v) is 16.1. The molecule has 0 saturated heterocycles. The Morgan fingerprint density at radius 1 is 1.00 bits per heavy atom. The Balaban J connectivity index is 1.64. The summed E-state index contributed by atoms with van der Waals surface area (Å²) in [4.78, 5) is 21.9. The largest absolute Gasteiger partial charge is 0.477 e. The van der Waals surface area contributed by atoms with Gasteiger partial charge in [-0.25, -0.2) is 14.8 Å². The van der Waals surface area contributed by atoms with Crippen LogP contribution in [0.3, 0.4) is 0 Å². The summed E-state index contributed by atoms with van der Waals surface area (Å²) in [5.41, 5.74) is 7.09. The number of carboxylic acids is 1. The molecule has 4 aromatic rings. The fraction of sp³-hybridized carbons (Fsp3) is 0.543. The van der Waals surface area contributed by atoms with E-state index in [0.29, 0.717) is 35.9 Å². The number of aromatic carboxylic acids is 1. The topological polar surface area (TPSA) is 103 Å². The molecular formula is C35H44N4O4. The zero-order chi connectivity index (χ0) is 30.2. The van der Waals surface area contributed by atoms with Gasteiger partial charge in [-0.1, -0.05) is 43.7 Å². The van der Waals surface area contributed by atoms with Gasteiger partial charge in [-0.05, 0) is 89.3 Å². The highest BCUT2D eigenvalue weighted by atomic mass is 16.5. The number of fused-ring (bicyclic) bond motifs is 1. The summed E-state index contributed by atoms with van der Waals surface area (Å²) < 4.78 is 14.1. The molecule has 0 aliphatic heterocycles. The summed E-state index contributed by atoms with van der Waals surface area (Å²) in [6.45, 7) is 10.0. The standard InChI is InChI=1S/C35H44N4O4/c1-6-42-34-29(20(2)21(3)31(37-34)35(40)41)28-19-39(32(24-13-9-7-10-14-24)25-15-11-8-12-16-25)33-27(28)17-26(18-36-33)30-22(4)38-43-23(30)5/h17-19,24-25,32H,6-16H2,1-5H3,(H,40,41). The Kier molecular flexibility index (Phi) is 8.29. The molecule has 0 amide bonds. The Morgan fingerprint density at radius 2 is 1.65 bits per heavy atom. The molecule has 0 bridgehead atoms. The van der Waals surface area contributed by atoms with Crippen LogP contribution in [-0.2, 0) is 0 Å². The number of nitrogens with zero attached hydrogens (tertiary/aromatic N) is 4. The van der Waals surface area contributed by atoms with Crippen molar-refractivity contribution in [1.82, 2.24) is 19.7 Å². The minimum absolute atomic E-state index is 0.0326. The van der Waals surface area contributed by atoms with Crippen LogP contribution in [0, 0.1) is 39.5 Å². The summed E-state index contributed by atoms with van der Waals surface area (Å²) in [6, 6.07) is 2.58. The average molecular weight is 585 g/mol. The van der Waals surface area contributed by atoms with Crippen LogP contribution in [0.4, 0.5) is 0 Å². The van der Waals surface area contributed by atoms with Crippen LogP contribution in [0.1, 0.15) is 110 Å². The lowest BCUT2D eigenvalue weighted by Crippen LogP contribution is -2.30. The van der Waals surface area contributed by atoms with Gasteiger partial charge in [-0.3, -0.25) is 0 Å². The maximum atomic E-state index is 12.1. The minimum atomic E-state index is -1.05. The van der Waals surface area contributed by atoms with E-state index in [2.05, 4.69) is 27.0 Å². The Hall–Kier alpha value is -3.68. The predicted octanol–water partition coefficient (Wildman–Crippen LogP) is 8.79. The summed E-state index contributed by atoms with van der Waals surface area (Å²) >= 11 is 0. The molecule has 2 aliphatic rings. The number of carbonyl (C=O) groups is 1. The SMILES string of the molecule is CCOc1nc(C(=O)O)c(C)c(C)c1-c1cn(C(C2CCCCC2)C2CCCCC2)c2ncc(-c3c(C)noc3C)cc12. The predicted molar refractivity (Wildman–Crippen MR) is 168 cm³/mol. The van der Waals surface area contributed by atoms with Crippen molar-refractivity contribution >= 4 is 17.0 Å². The van der Waals surface area contributed by atoms with Crippen LogP contribution in [0.15, 0.2) is 23.0 Å². The maximum absolute atomic E-state index is 12.1. The van der Waals surface area contributed by atoms with Gasteiger partial charge in [0.05, 0.1) is 12.3 Å². The van der Waals surface area contributed by atoms with Crippen LogP contribution in [-0.4, -0.2) is 37.4 Å². The highest BCUT2D eigenvalue weighted by Crippen LogP contribution is 2.47. The van der Waals surface area contributed by atoms with E-state index >= 15 is 0 Å². The van der Waals surface area contributed by atoms with Crippen LogP contribution in [0.5, 0.6) is 5.88 Å². The Labute approximate surface area is 253 Å². The number of hydrogen-bond acceptors (Lipinski definition) is 6. The second kappa shape index (κ2) is 12.1. The summed E-state index contributed by atoms with van der Waals surface area (Å²) in [6.07, 6.45) is 17.1. The number of aromatic nitrogens is 4. The molecule has 43 heavy (non-hydrogen) atoms. The van der Waals surface area contributed by atoms with Crippen LogP contribution < -0.4 is 4.74 Å². The van der Waals surface area contributed by atoms with Crippen molar-refractivity contribution in [3.8, 4) is 28.1 Å². The second-order valence-corrected chi connectivity index (χ2v) is 12.7. The molecule has 4 aromatic heterocycles. The number of rotatable bonds is 8. The molecule has 0 atom stereocenters. The van der Waals surface area contributed by atoms with Crippen molar-refractivity contribution in [3.05, 3.63) is 46.7 Å². The zero-order valence-electron chi connectivity index (χ0n) is 26.2. The first kappa shape index (κ1) is 29.4. The first-order valence-electron chi connectivity index (χ1n) is 16.1. The highest BCUT2D eigenvalue weighted by Gasteiger charge is 2.35. The van der Waals surface area contributed by atoms with E-state index in [9.17, 15) is 9.90 Å². The smallest absolute Gasteiger partial charge is 0.354 e. The maximum Gasteiger partial charge on any atom is 0.354 e. The second-order valence-electron chi connectivity index (χ2n) is 12.7. The van der Waals surface area contributed by atoms with Crippen molar-refractivity contribution < 1.29 is 19.2 Å². The lowest BCUT2D eigenvalue weighted by Gasteiger charge is -2.39. The molecule has 228 valence electrons. The number of carboxylic acid groups (broad SMARTS) is 1. The van der Waals surface area contributed by atoms with Gasteiger partial charge in [-0.2, -0.15) is 0 Å². The van der Waals surface area contributed by atoms with Gasteiger partial charge >= 0.3 is 5.97 Å². The molecule has 1 N–H and O–H groups in total. The molecule has 4 heterocycles. The quantitative estimate of drug-likeness (QED) is 0.221. The van der Waals surface area contributed by atoms with E-state index in [0.717, 1.165) is 50.3 Å². The summed E-state index contributed by atoms with van der Waals surface area (Å²) in [7, 11) is 0.